The largest absolute Gasteiger partial charge is 0.490 e. The van der Waals surface area contributed by atoms with Gasteiger partial charge in [0.1, 0.15) is 0 Å². The summed E-state index contributed by atoms with van der Waals surface area (Å²) in [7, 11) is 0. The van der Waals surface area contributed by atoms with Gasteiger partial charge in [0.15, 0.2) is 18.1 Å². The predicted molar refractivity (Wildman–Crippen MR) is 108 cm³/mol. The van der Waals surface area contributed by atoms with Crippen molar-refractivity contribution >= 4 is 16.7 Å². The van der Waals surface area contributed by atoms with Gasteiger partial charge in [-0.15, -0.1) is 0 Å². The highest BCUT2D eigenvalue weighted by molar-refractivity contribution is 5.83. The summed E-state index contributed by atoms with van der Waals surface area (Å²) >= 11 is 0. The Balaban J connectivity index is 1.58. The van der Waals surface area contributed by atoms with Gasteiger partial charge in [0, 0.05) is 0 Å². The summed E-state index contributed by atoms with van der Waals surface area (Å²) in [5.41, 5.74) is 1.06. The fraction of sp³-hybridized carbons (Fsp3) is 0.261. The lowest BCUT2D eigenvalue weighted by atomic mass is 10.0. The number of fused-ring (bicyclic) bond motifs is 1. The molecule has 0 radical (unpaired) electrons. The van der Waals surface area contributed by atoms with E-state index in [4.69, 9.17) is 9.47 Å². The third-order valence-corrected chi connectivity index (χ3v) is 4.32. The van der Waals surface area contributed by atoms with Crippen LogP contribution in [0.25, 0.3) is 10.8 Å². The summed E-state index contributed by atoms with van der Waals surface area (Å²) in [6.45, 7) is 4.58. The smallest absolute Gasteiger partial charge is 0.258 e. The average molecular weight is 363 g/mol. The first-order valence-electron chi connectivity index (χ1n) is 9.30. The molecule has 0 saturated heterocycles. The molecule has 0 aromatic heterocycles. The lowest BCUT2D eigenvalue weighted by molar-refractivity contribution is -0.123. The van der Waals surface area contributed by atoms with Gasteiger partial charge in [0.2, 0.25) is 0 Å². The van der Waals surface area contributed by atoms with Crippen molar-refractivity contribution in [3.05, 3.63) is 72.3 Å². The first kappa shape index (κ1) is 18.8. The first-order valence-corrected chi connectivity index (χ1v) is 9.30. The monoisotopic (exact) mass is 363 g/mol. The molecular weight excluding hydrogens is 338 g/mol. The Kier molecular flexibility index (Phi) is 6.31. The molecule has 0 saturated carbocycles. The van der Waals surface area contributed by atoms with E-state index >= 15 is 0 Å². The Morgan fingerprint density at radius 2 is 1.59 bits per heavy atom. The maximum atomic E-state index is 12.3. The molecule has 0 fully saturated rings. The minimum absolute atomic E-state index is 0.0512. The molecule has 1 unspecified atom stereocenters. The van der Waals surface area contributed by atoms with E-state index in [1.54, 1.807) is 0 Å². The number of hydrogen-bond donors (Lipinski definition) is 1. The van der Waals surface area contributed by atoms with Crippen LogP contribution in [0.4, 0.5) is 0 Å². The molecule has 0 heterocycles. The molecule has 27 heavy (non-hydrogen) atoms. The van der Waals surface area contributed by atoms with Crippen molar-refractivity contribution in [1.82, 2.24) is 5.32 Å². The van der Waals surface area contributed by atoms with Crippen LogP contribution in [0.5, 0.6) is 11.5 Å². The van der Waals surface area contributed by atoms with E-state index < -0.39 is 0 Å². The van der Waals surface area contributed by atoms with Crippen LogP contribution in [-0.4, -0.2) is 19.1 Å². The van der Waals surface area contributed by atoms with Gasteiger partial charge in [-0.05, 0) is 47.9 Å². The molecule has 3 aromatic rings. The molecule has 1 amide bonds. The Morgan fingerprint density at radius 3 is 2.33 bits per heavy atom. The van der Waals surface area contributed by atoms with Gasteiger partial charge in [-0.1, -0.05) is 55.5 Å². The van der Waals surface area contributed by atoms with Crippen molar-refractivity contribution in [3.8, 4) is 11.5 Å². The zero-order chi connectivity index (χ0) is 19.1. The minimum atomic E-state index is -0.166. The summed E-state index contributed by atoms with van der Waals surface area (Å²) in [4.78, 5) is 12.3. The Labute approximate surface area is 160 Å². The molecule has 0 aliphatic rings. The van der Waals surface area contributed by atoms with Crippen molar-refractivity contribution in [2.75, 3.05) is 13.2 Å². The number of ether oxygens (including phenoxy) is 2. The van der Waals surface area contributed by atoms with Crippen LogP contribution in [0.1, 0.15) is 31.9 Å². The van der Waals surface area contributed by atoms with Gasteiger partial charge in [-0.25, -0.2) is 0 Å². The van der Waals surface area contributed by atoms with E-state index in [2.05, 4.69) is 29.6 Å². The van der Waals surface area contributed by atoms with Crippen molar-refractivity contribution in [2.24, 2.45) is 0 Å². The van der Waals surface area contributed by atoms with Gasteiger partial charge in [-0.2, -0.15) is 0 Å². The van der Waals surface area contributed by atoms with Gasteiger partial charge in [-0.3, -0.25) is 4.79 Å². The molecule has 0 aliphatic heterocycles. The summed E-state index contributed by atoms with van der Waals surface area (Å²) in [5.74, 6) is 1.08. The summed E-state index contributed by atoms with van der Waals surface area (Å²) in [6, 6.07) is 21.7. The minimum Gasteiger partial charge on any atom is -0.490 e. The lowest BCUT2D eigenvalue weighted by Gasteiger charge is -2.16. The van der Waals surface area contributed by atoms with E-state index in [1.807, 2.05) is 56.3 Å². The van der Waals surface area contributed by atoms with Crippen LogP contribution < -0.4 is 14.8 Å². The molecule has 3 aromatic carbocycles. The molecule has 0 bridgehead atoms. The van der Waals surface area contributed by atoms with Gasteiger partial charge in [0.25, 0.3) is 5.91 Å². The first-order chi connectivity index (χ1) is 13.2. The van der Waals surface area contributed by atoms with Crippen molar-refractivity contribution in [1.29, 1.82) is 0 Å². The van der Waals surface area contributed by atoms with Crippen LogP contribution in [0.3, 0.4) is 0 Å². The van der Waals surface area contributed by atoms with E-state index in [9.17, 15) is 4.79 Å². The molecule has 1 N–H and O–H groups in total. The number of para-hydroxylation sites is 2. The molecule has 0 aliphatic carbocycles. The summed E-state index contributed by atoms with van der Waals surface area (Å²) in [6.07, 6.45) is 0.915. The standard InChI is InChI=1S/C23H25NO3/c1-3-14-26-21-10-6-7-11-22(21)27-16-23(25)24-17(2)19-13-12-18-8-4-5-9-20(18)15-19/h4-13,15,17H,3,14,16H2,1-2H3,(H,24,25). The molecule has 1 atom stereocenters. The fourth-order valence-electron chi connectivity index (χ4n) is 2.89. The van der Waals surface area contributed by atoms with Gasteiger partial charge >= 0.3 is 0 Å². The third kappa shape index (κ3) is 5.00. The predicted octanol–water partition coefficient (Wildman–Crippen LogP) is 4.88. The van der Waals surface area contributed by atoms with Crippen LogP contribution in [0, 0.1) is 0 Å². The number of carbonyl (C=O) groups excluding carboxylic acids is 1. The molecular formula is C23H25NO3. The topological polar surface area (TPSA) is 47.6 Å². The van der Waals surface area contributed by atoms with Gasteiger partial charge in [0.05, 0.1) is 12.6 Å². The fourth-order valence-corrected chi connectivity index (χ4v) is 2.89. The second-order valence-electron chi connectivity index (χ2n) is 6.48. The average Bonchev–Trinajstić information content (AvgIpc) is 2.70. The molecule has 0 spiro atoms. The third-order valence-electron chi connectivity index (χ3n) is 4.32. The second kappa shape index (κ2) is 9.08. The molecule has 4 heteroatoms. The van der Waals surface area contributed by atoms with Crippen molar-refractivity contribution in [3.63, 3.8) is 0 Å². The van der Waals surface area contributed by atoms with Crippen LogP contribution >= 0.6 is 0 Å². The quantitative estimate of drug-likeness (QED) is 0.620. The van der Waals surface area contributed by atoms with E-state index in [1.165, 1.54) is 5.39 Å². The summed E-state index contributed by atoms with van der Waals surface area (Å²) < 4.78 is 11.3. The van der Waals surface area contributed by atoms with E-state index in [-0.39, 0.29) is 18.6 Å². The molecule has 140 valence electrons. The maximum Gasteiger partial charge on any atom is 0.258 e. The molecule has 3 rings (SSSR count). The Hall–Kier alpha value is -3.01. The highest BCUT2D eigenvalue weighted by Gasteiger charge is 2.12. The van der Waals surface area contributed by atoms with Crippen molar-refractivity contribution < 1.29 is 14.3 Å². The highest BCUT2D eigenvalue weighted by atomic mass is 16.5. The van der Waals surface area contributed by atoms with Crippen LogP contribution in [-0.2, 0) is 4.79 Å². The second-order valence-corrected chi connectivity index (χ2v) is 6.48. The molecule has 4 nitrogen and oxygen atoms in total. The van der Waals surface area contributed by atoms with Gasteiger partial charge < -0.3 is 14.8 Å². The maximum absolute atomic E-state index is 12.3. The summed E-state index contributed by atoms with van der Waals surface area (Å²) in [5, 5.41) is 5.34. The normalized spacial score (nSPS) is 11.8. The van der Waals surface area contributed by atoms with E-state index in [0.29, 0.717) is 18.1 Å². The Bertz CT molecular complexity index is 907. The Morgan fingerprint density at radius 1 is 0.926 bits per heavy atom. The number of rotatable bonds is 8. The van der Waals surface area contributed by atoms with Crippen LogP contribution in [0.2, 0.25) is 0 Å². The SMILES string of the molecule is CCCOc1ccccc1OCC(=O)NC(C)c1ccc2ccccc2c1. The number of hydrogen-bond acceptors (Lipinski definition) is 3. The van der Waals surface area contributed by atoms with Crippen molar-refractivity contribution in [2.45, 2.75) is 26.3 Å². The lowest BCUT2D eigenvalue weighted by Crippen LogP contribution is -2.31. The van der Waals surface area contributed by atoms with E-state index in [0.717, 1.165) is 17.4 Å². The van der Waals surface area contributed by atoms with Crippen LogP contribution in [0.15, 0.2) is 66.7 Å². The number of carbonyl (C=O) groups is 1. The number of amides is 1. The zero-order valence-electron chi connectivity index (χ0n) is 15.8. The number of benzene rings is 3. The number of nitrogens with one attached hydrogen (secondary N) is 1. The highest BCUT2D eigenvalue weighted by Crippen LogP contribution is 2.26. The zero-order valence-corrected chi connectivity index (χ0v) is 15.8.